The second kappa shape index (κ2) is 15.3. The van der Waals surface area contributed by atoms with Crippen LogP contribution in [0, 0.1) is 0 Å². The van der Waals surface area contributed by atoms with Gasteiger partial charge in [-0.3, -0.25) is 0 Å². The molecular formula is C34H22N4O12. The van der Waals surface area contributed by atoms with E-state index >= 15 is 0 Å². The fourth-order valence-electron chi connectivity index (χ4n) is 4.14. The zero-order chi connectivity index (χ0) is 36.5. The third-order valence-electron chi connectivity index (χ3n) is 6.48. The molecular weight excluding hydrogens is 656 g/mol. The van der Waals surface area contributed by atoms with Crippen LogP contribution in [-0.4, -0.2) is 56.2 Å². The second-order valence-electron chi connectivity index (χ2n) is 9.70. The molecule has 4 rings (SSSR count). The number of esters is 2. The quantitative estimate of drug-likeness (QED) is 0.0475. The van der Waals surface area contributed by atoms with E-state index in [2.05, 4.69) is 33.6 Å². The summed E-state index contributed by atoms with van der Waals surface area (Å²) < 4.78 is 9.80. The van der Waals surface area contributed by atoms with Gasteiger partial charge < -0.3 is 29.9 Å². The van der Waals surface area contributed by atoms with Crippen LogP contribution in [0.4, 0.5) is 22.7 Å². The maximum Gasteiger partial charge on any atom is 0.339 e. The Bertz CT molecular complexity index is 2020. The SMILES string of the molecule is C=CC(=O)Oc1ccc(/N=N/c2ccc(-c3ccc(/N=N/c4ccc(OC(=O)C=C)c(C(=O)O)c4)c(C(=O)O)c3)cc2C(=O)O)cc1C(=O)O. The fourth-order valence-corrected chi connectivity index (χ4v) is 4.14. The van der Waals surface area contributed by atoms with Gasteiger partial charge >= 0.3 is 35.8 Å². The Kier molecular flexibility index (Phi) is 10.8. The van der Waals surface area contributed by atoms with E-state index < -0.39 is 46.9 Å². The Morgan fingerprint density at radius 1 is 0.480 bits per heavy atom. The summed E-state index contributed by atoms with van der Waals surface area (Å²) in [6, 6.07) is 15.1. The zero-order valence-electron chi connectivity index (χ0n) is 25.3. The molecule has 0 bridgehead atoms. The van der Waals surface area contributed by atoms with Crippen molar-refractivity contribution in [1.82, 2.24) is 0 Å². The molecule has 0 atom stereocenters. The van der Waals surface area contributed by atoms with E-state index in [1.54, 1.807) is 0 Å². The summed E-state index contributed by atoms with van der Waals surface area (Å²) in [5.41, 5.74) is -1.11. The number of ether oxygens (including phenoxy) is 2. The van der Waals surface area contributed by atoms with E-state index in [1.807, 2.05) is 0 Å². The van der Waals surface area contributed by atoms with Crippen LogP contribution in [0.25, 0.3) is 11.1 Å². The van der Waals surface area contributed by atoms with Crippen LogP contribution in [-0.2, 0) is 9.59 Å². The molecule has 4 aromatic carbocycles. The molecule has 0 aromatic heterocycles. The van der Waals surface area contributed by atoms with Gasteiger partial charge in [0.25, 0.3) is 0 Å². The Labute approximate surface area is 280 Å². The summed E-state index contributed by atoms with van der Waals surface area (Å²) in [5.74, 6) is -7.92. The summed E-state index contributed by atoms with van der Waals surface area (Å²) >= 11 is 0. The van der Waals surface area contributed by atoms with Crippen LogP contribution in [0.5, 0.6) is 11.5 Å². The third kappa shape index (κ3) is 8.39. The number of aromatic carboxylic acids is 4. The topological polar surface area (TPSA) is 251 Å². The van der Waals surface area contributed by atoms with Gasteiger partial charge in [0.05, 0.1) is 22.5 Å². The van der Waals surface area contributed by atoms with Gasteiger partial charge in [0, 0.05) is 12.2 Å². The lowest BCUT2D eigenvalue weighted by Gasteiger charge is -2.09. The summed E-state index contributed by atoms with van der Waals surface area (Å²) in [4.78, 5) is 70.6. The van der Waals surface area contributed by atoms with Crippen molar-refractivity contribution in [2.75, 3.05) is 0 Å². The number of hydrogen-bond acceptors (Lipinski definition) is 12. The van der Waals surface area contributed by atoms with E-state index in [0.717, 1.165) is 24.3 Å². The largest absolute Gasteiger partial charge is 0.478 e. The molecule has 50 heavy (non-hydrogen) atoms. The van der Waals surface area contributed by atoms with E-state index in [9.17, 15) is 49.2 Å². The Morgan fingerprint density at radius 3 is 1.16 bits per heavy atom. The second-order valence-corrected chi connectivity index (χ2v) is 9.70. The molecule has 0 aliphatic carbocycles. The van der Waals surface area contributed by atoms with Crippen molar-refractivity contribution >= 4 is 58.6 Å². The number of carboxylic acids is 4. The molecule has 16 heteroatoms. The number of carboxylic acid groups (broad SMARTS) is 4. The van der Waals surface area contributed by atoms with Gasteiger partial charge in [0.1, 0.15) is 34.0 Å². The smallest absolute Gasteiger partial charge is 0.339 e. The molecule has 4 N–H and O–H groups in total. The molecule has 0 radical (unpaired) electrons. The van der Waals surface area contributed by atoms with Crippen molar-refractivity contribution in [3.8, 4) is 22.6 Å². The van der Waals surface area contributed by atoms with Crippen LogP contribution >= 0.6 is 0 Å². The first-order chi connectivity index (χ1) is 23.8. The minimum absolute atomic E-state index is 0.00308. The van der Waals surface area contributed by atoms with Gasteiger partial charge in [-0.15, -0.1) is 10.2 Å². The third-order valence-corrected chi connectivity index (χ3v) is 6.48. The Morgan fingerprint density at radius 2 is 0.840 bits per heavy atom. The van der Waals surface area contributed by atoms with Gasteiger partial charge in [-0.25, -0.2) is 28.8 Å². The highest BCUT2D eigenvalue weighted by molar-refractivity contribution is 5.98. The molecule has 0 spiro atoms. The first kappa shape index (κ1) is 35.2. The monoisotopic (exact) mass is 678 g/mol. The lowest BCUT2D eigenvalue weighted by Crippen LogP contribution is -2.08. The Balaban J connectivity index is 1.64. The van der Waals surface area contributed by atoms with E-state index in [-0.39, 0.29) is 56.5 Å². The number of carbonyl (C=O) groups excluding carboxylic acids is 2. The molecule has 16 nitrogen and oxygen atoms in total. The fraction of sp³-hybridized carbons (Fsp3) is 0. The highest BCUT2D eigenvalue weighted by atomic mass is 16.5. The number of nitrogens with zero attached hydrogens (tertiary/aromatic N) is 4. The number of benzene rings is 4. The molecule has 0 saturated heterocycles. The predicted molar refractivity (Wildman–Crippen MR) is 173 cm³/mol. The van der Waals surface area contributed by atoms with Gasteiger partial charge in [-0.1, -0.05) is 25.3 Å². The van der Waals surface area contributed by atoms with Crippen molar-refractivity contribution in [3.63, 3.8) is 0 Å². The highest BCUT2D eigenvalue weighted by Crippen LogP contribution is 2.34. The van der Waals surface area contributed by atoms with Crippen LogP contribution in [0.3, 0.4) is 0 Å². The van der Waals surface area contributed by atoms with Crippen molar-refractivity contribution in [2.24, 2.45) is 20.5 Å². The molecule has 0 amide bonds. The number of azo groups is 2. The van der Waals surface area contributed by atoms with Crippen LogP contribution in [0.2, 0.25) is 0 Å². The molecule has 0 saturated carbocycles. The van der Waals surface area contributed by atoms with Crippen molar-refractivity contribution in [1.29, 1.82) is 0 Å². The average Bonchev–Trinajstić information content (AvgIpc) is 3.10. The van der Waals surface area contributed by atoms with E-state index in [0.29, 0.717) is 0 Å². The van der Waals surface area contributed by atoms with E-state index in [4.69, 9.17) is 9.47 Å². The van der Waals surface area contributed by atoms with Gasteiger partial charge in [-0.05, 0) is 71.8 Å². The Hall–Kier alpha value is -7.62. The molecule has 0 fully saturated rings. The van der Waals surface area contributed by atoms with Crippen LogP contribution in [0.15, 0.2) is 119 Å². The molecule has 250 valence electrons. The first-order valence-corrected chi connectivity index (χ1v) is 13.8. The molecule has 4 aromatic rings. The van der Waals surface area contributed by atoms with Crippen molar-refractivity contribution in [2.45, 2.75) is 0 Å². The number of carbonyl (C=O) groups is 6. The number of hydrogen-bond donors (Lipinski definition) is 4. The van der Waals surface area contributed by atoms with Gasteiger partial charge in [0.15, 0.2) is 0 Å². The van der Waals surface area contributed by atoms with E-state index in [1.165, 1.54) is 60.7 Å². The van der Waals surface area contributed by atoms with Crippen molar-refractivity contribution < 1.29 is 58.7 Å². The molecule has 0 aliphatic heterocycles. The molecule has 0 unspecified atom stereocenters. The van der Waals surface area contributed by atoms with Crippen LogP contribution in [0.1, 0.15) is 41.4 Å². The minimum atomic E-state index is -1.42. The summed E-state index contributed by atoms with van der Waals surface area (Å²) in [6.45, 7) is 6.49. The molecule has 0 heterocycles. The minimum Gasteiger partial charge on any atom is -0.478 e. The predicted octanol–water partition coefficient (Wildman–Crippen LogP) is 7.16. The maximum atomic E-state index is 12.1. The standard InChI is InChI=1S/C34H22N4O12/c1-3-29(39)49-27-11-7-19(15-23(27)33(45)46)35-37-25-9-5-17(13-21(25)31(41)42)18-6-10-26(22(14-18)32(43)44)38-36-20-8-12-28(50-30(40)4-2)24(16-20)34(47)48/h3-16H,1-2H2,(H,41,42)(H,43,44)(H,45,46)(H,47,48)/b37-35+,38-36+. The summed E-state index contributed by atoms with van der Waals surface area (Å²) in [5, 5.41) is 54.4. The normalized spacial score (nSPS) is 10.8. The summed E-state index contributed by atoms with van der Waals surface area (Å²) in [7, 11) is 0. The first-order valence-electron chi connectivity index (χ1n) is 13.8. The highest BCUT2D eigenvalue weighted by Gasteiger charge is 2.18. The van der Waals surface area contributed by atoms with Crippen LogP contribution < -0.4 is 9.47 Å². The maximum absolute atomic E-state index is 12.1. The van der Waals surface area contributed by atoms with Gasteiger partial charge in [-0.2, -0.15) is 10.2 Å². The average molecular weight is 679 g/mol. The van der Waals surface area contributed by atoms with Gasteiger partial charge in [0.2, 0.25) is 0 Å². The summed E-state index contributed by atoms with van der Waals surface area (Å²) in [6.07, 6.45) is 1.71. The lowest BCUT2D eigenvalue weighted by molar-refractivity contribution is -0.129. The zero-order valence-corrected chi connectivity index (χ0v) is 25.3. The lowest BCUT2D eigenvalue weighted by atomic mass is 9.99. The van der Waals surface area contributed by atoms with Crippen molar-refractivity contribution in [3.05, 3.63) is 120 Å². The number of rotatable bonds is 13. The molecule has 0 aliphatic rings.